The second-order valence-corrected chi connectivity index (χ2v) is 5.58. The van der Waals surface area contributed by atoms with Gasteiger partial charge in [-0.1, -0.05) is 12.7 Å². The Morgan fingerprint density at radius 3 is 2.89 bits per heavy atom. The Morgan fingerprint density at radius 1 is 1.67 bits per heavy atom. The molecule has 0 saturated heterocycles. The van der Waals surface area contributed by atoms with Crippen LogP contribution in [0.1, 0.15) is 5.56 Å². The Hall–Kier alpha value is -1.34. The molecular formula is C11H12BrNO4S. The van der Waals surface area contributed by atoms with E-state index in [-0.39, 0.29) is 13.0 Å². The number of nitrogens with one attached hydrogen (secondary N) is 1. The largest absolute Gasteiger partial charge is 0.480 e. The first kappa shape index (κ1) is 14.7. The highest BCUT2D eigenvalue weighted by molar-refractivity contribution is 9.11. The lowest BCUT2D eigenvalue weighted by molar-refractivity contribution is -0.139. The minimum absolute atomic E-state index is 0.0420. The first-order chi connectivity index (χ1) is 8.54. The number of halogens is 1. The van der Waals surface area contributed by atoms with Gasteiger partial charge in [0.25, 0.3) is 0 Å². The van der Waals surface area contributed by atoms with Gasteiger partial charge in [0.15, 0.2) is 0 Å². The molecule has 0 saturated carbocycles. The van der Waals surface area contributed by atoms with Gasteiger partial charge < -0.3 is 15.2 Å². The third-order valence-electron chi connectivity index (χ3n) is 2.04. The van der Waals surface area contributed by atoms with Crippen LogP contribution in [-0.2, 0) is 16.0 Å². The van der Waals surface area contributed by atoms with Crippen molar-refractivity contribution in [1.29, 1.82) is 0 Å². The summed E-state index contributed by atoms with van der Waals surface area (Å²) in [7, 11) is 0. The van der Waals surface area contributed by atoms with Gasteiger partial charge in [0.2, 0.25) is 0 Å². The molecule has 0 aliphatic carbocycles. The zero-order valence-corrected chi connectivity index (χ0v) is 11.8. The fourth-order valence-corrected chi connectivity index (χ4v) is 2.48. The van der Waals surface area contributed by atoms with Crippen LogP contribution in [0.2, 0.25) is 0 Å². The van der Waals surface area contributed by atoms with Gasteiger partial charge in [0, 0.05) is 6.42 Å². The lowest BCUT2D eigenvalue weighted by Crippen LogP contribution is -2.42. The van der Waals surface area contributed by atoms with Gasteiger partial charge in [-0.05, 0) is 32.9 Å². The van der Waals surface area contributed by atoms with E-state index in [1.165, 1.54) is 17.4 Å². The second-order valence-electron chi connectivity index (χ2n) is 3.35. The van der Waals surface area contributed by atoms with E-state index in [9.17, 15) is 9.59 Å². The predicted octanol–water partition coefficient (Wildman–Crippen LogP) is 2.42. The second kappa shape index (κ2) is 7.17. The Labute approximate surface area is 117 Å². The molecule has 2 N–H and O–H groups in total. The minimum Gasteiger partial charge on any atom is -0.480 e. The molecule has 98 valence electrons. The Balaban J connectivity index is 2.61. The summed E-state index contributed by atoms with van der Waals surface area (Å²) in [6, 6.07) is 0.787. The fourth-order valence-electron chi connectivity index (χ4n) is 1.20. The maximum Gasteiger partial charge on any atom is 0.408 e. The molecule has 18 heavy (non-hydrogen) atoms. The summed E-state index contributed by atoms with van der Waals surface area (Å²) in [6.45, 7) is 3.44. The van der Waals surface area contributed by atoms with E-state index in [1.807, 2.05) is 5.38 Å². The molecule has 1 rings (SSSR count). The third-order valence-corrected chi connectivity index (χ3v) is 3.85. The summed E-state index contributed by atoms with van der Waals surface area (Å²) in [6.07, 6.45) is 0.835. The van der Waals surface area contributed by atoms with Crippen molar-refractivity contribution in [2.45, 2.75) is 12.5 Å². The SMILES string of the molecule is C=CCOC(=O)NC(Cc1ccsc1Br)C(=O)O. The van der Waals surface area contributed by atoms with Gasteiger partial charge in [0.1, 0.15) is 12.6 Å². The van der Waals surface area contributed by atoms with Crippen LogP contribution < -0.4 is 5.32 Å². The molecule has 1 aromatic heterocycles. The number of carboxylic acid groups (broad SMARTS) is 1. The maximum absolute atomic E-state index is 11.3. The van der Waals surface area contributed by atoms with Crippen molar-refractivity contribution in [1.82, 2.24) is 5.32 Å². The predicted molar refractivity (Wildman–Crippen MR) is 71.8 cm³/mol. The van der Waals surface area contributed by atoms with E-state index in [0.717, 1.165) is 9.35 Å². The zero-order valence-electron chi connectivity index (χ0n) is 9.39. The summed E-state index contributed by atoms with van der Waals surface area (Å²) in [4.78, 5) is 22.3. The number of hydrogen-bond acceptors (Lipinski definition) is 4. The van der Waals surface area contributed by atoms with E-state index in [1.54, 1.807) is 6.07 Å². The monoisotopic (exact) mass is 333 g/mol. The summed E-state index contributed by atoms with van der Waals surface area (Å²) in [5, 5.41) is 13.2. The quantitative estimate of drug-likeness (QED) is 0.784. The van der Waals surface area contributed by atoms with Gasteiger partial charge in [-0.25, -0.2) is 9.59 Å². The number of carboxylic acids is 1. The first-order valence-electron chi connectivity index (χ1n) is 5.03. The van der Waals surface area contributed by atoms with Crippen LogP contribution in [0.3, 0.4) is 0 Å². The molecule has 1 aromatic rings. The molecule has 1 heterocycles. The Bertz CT molecular complexity index is 446. The van der Waals surface area contributed by atoms with Crippen LogP contribution >= 0.6 is 27.3 Å². The normalized spacial score (nSPS) is 11.6. The van der Waals surface area contributed by atoms with E-state index in [0.29, 0.717) is 0 Å². The van der Waals surface area contributed by atoms with Gasteiger partial charge >= 0.3 is 12.1 Å². The molecule has 1 atom stereocenters. The molecule has 0 radical (unpaired) electrons. The Morgan fingerprint density at radius 2 is 2.39 bits per heavy atom. The molecule has 0 aliphatic rings. The number of thiophene rings is 1. The van der Waals surface area contributed by atoms with Crippen molar-refractivity contribution in [3.8, 4) is 0 Å². The van der Waals surface area contributed by atoms with Crippen molar-refractivity contribution in [3.63, 3.8) is 0 Å². The smallest absolute Gasteiger partial charge is 0.408 e. The number of alkyl carbamates (subject to hydrolysis) is 1. The number of carbonyl (C=O) groups is 2. The van der Waals surface area contributed by atoms with Crippen molar-refractivity contribution in [2.75, 3.05) is 6.61 Å². The maximum atomic E-state index is 11.3. The van der Waals surface area contributed by atoms with Crippen LogP contribution in [-0.4, -0.2) is 29.8 Å². The van der Waals surface area contributed by atoms with Gasteiger partial charge in [-0.2, -0.15) is 0 Å². The number of aliphatic carboxylic acids is 1. The van der Waals surface area contributed by atoms with E-state index in [2.05, 4.69) is 32.6 Å². The Kier molecular flexibility index (Phi) is 5.87. The number of hydrogen-bond donors (Lipinski definition) is 2. The molecule has 0 aliphatic heterocycles. The number of ether oxygens (including phenoxy) is 1. The summed E-state index contributed by atoms with van der Waals surface area (Å²) in [5.74, 6) is -1.11. The molecule has 0 fully saturated rings. The van der Waals surface area contributed by atoms with Crippen molar-refractivity contribution < 1.29 is 19.4 Å². The van der Waals surface area contributed by atoms with Crippen LogP contribution in [0, 0.1) is 0 Å². The third kappa shape index (κ3) is 4.50. The fraction of sp³-hybridized carbons (Fsp3) is 0.273. The van der Waals surface area contributed by atoms with Crippen molar-refractivity contribution in [3.05, 3.63) is 33.5 Å². The van der Waals surface area contributed by atoms with E-state index >= 15 is 0 Å². The molecule has 5 nitrogen and oxygen atoms in total. The first-order valence-corrected chi connectivity index (χ1v) is 6.70. The summed E-state index contributed by atoms with van der Waals surface area (Å²) < 4.78 is 5.54. The zero-order chi connectivity index (χ0) is 13.5. The highest BCUT2D eigenvalue weighted by Gasteiger charge is 2.22. The number of rotatable bonds is 6. The average Bonchev–Trinajstić information content (AvgIpc) is 2.71. The van der Waals surface area contributed by atoms with Crippen LogP contribution in [0.4, 0.5) is 4.79 Å². The van der Waals surface area contributed by atoms with Gasteiger partial charge in [-0.3, -0.25) is 0 Å². The molecule has 1 unspecified atom stereocenters. The van der Waals surface area contributed by atoms with Gasteiger partial charge in [0.05, 0.1) is 3.79 Å². The lowest BCUT2D eigenvalue weighted by Gasteiger charge is -2.13. The highest BCUT2D eigenvalue weighted by Crippen LogP contribution is 2.24. The average molecular weight is 334 g/mol. The molecular weight excluding hydrogens is 322 g/mol. The van der Waals surface area contributed by atoms with Crippen LogP contribution in [0.15, 0.2) is 27.9 Å². The lowest BCUT2D eigenvalue weighted by atomic mass is 10.1. The standard InChI is InChI=1S/C11H12BrNO4S/c1-2-4-17-11(16)13-8(10(14)15)6-7-3-5-18-9(7)12/h2-3,5,8H,1,4,6H2,(H,13,16)(H,14,15). The van der Waals surface area contributed by atoms with Crippen LogP contribution in [0.5, 0.6) is 0 Å². The van der Waals surface area contributed by atoms with E-state index < -0.39 is 18.1 Å². The van der Waals surface area contributed by atoms with Gasteiger partial charge in [-0.15, -0.1) is 11.3 Å². The van der Waals surface area contributed by atoms with E-state index in [4.69, 9.17) is 5.11 Å². The van der Waals surface area contributed by atoms with Crippen molar-refractivity contribution in [2.24, 2.45) is 0 Å². The topological polar surface area (TPSA) is 75.6 Å². The highest BCUT2D eigenvalue weighted by atomic mass is 79.9. The molecule has 0 spiro atoms. The molecule has 0 bridgehead atoms. The minimum atomic E-state index is -1.11. The number of carbonyl (C=O) groups excluding carboxylic acids is 1. The molecule has 1 amide bonds. The summed E-state index contributed by atoms with van der Waals surface area (Å²) >= 11 is 4.78. The molecule has 0 aromatic carbocycles. The molecule has 7 heteroatoms. The summed E-state index contributed by atoms with van der Waals surface area (Å²) in [5.41, 5.74) is 0.830. The number of amides is 1. The van der Waals surface area contributed by atoms with Crippen molar-refractivity contribution >= 4 is 39.3 Å². The van der Waals surface area contributed by atoms with Crippen LogP contribution in [0.25, 0.3) is 0 Å².